The van der Waals surface area contributed by atoms with Gasteiger partial charge in [-0.15, -0.1) is 0 Å². The van der Waals surface area contributed by atoms with Gasteiger partial charge in [0.05, 0.1) is 0 Å². The summed E-state index contributed by atoms with van der Waals surface area (Å²) in [6.45, 7) is 1.93. The molecule has 0 aromatic heterocycles. The molecule has 0 aliphatic carbocycles. The summed E-state index contributed by atoms with van der Waals surface area (Å²) >= 11 is 3.37. The Labute approximate surface area is 91.8 Å². The molecule has 1 atom stereocenters. The molecule has 1 fully saturated rings. The molecule has 0 saturated carbocycles. The molecule has 0 amide bonds. The zero-order chi connectivity index (χ0) is 9.97. The second-order valence-electron chi connectivity index (χ2n) is 3.75. The van der Waals surface area contributed by atoms with E-state index >= 15 is 0 Å². The molecule has 2 rings (SSSR count). The van der Waals surface area contributed by atoms with Crippen LogP contribution >= 0.6 is 15.9 Å². The van der Waals surface area contributed by atoms with Gasteiger partial charge in [-0.05, 0) is 31.5 Å². The average molecular weight is 258 g/mol. The van der Waals surface area contributed by atoms with Crippen LogP contribution in [0.1, 0.15) is 18.2 Å². The molecule has 0 bridgehead atoms. The molecule has 0 spiro atoms. The van der Waals surface area contributed by atoms with Crippen LogP contribution in [0.5, 0.6) is 0 Å². The monoisotopic (exact) mass is 257 g/mol. The third-order valence-electron chi connectivity index (χ3n) is 2.65. The first-order chi connectivity index (χ1) is 6.77. The molecule has 1 aromatic carbocycles. The lowest BCUT2D eigenvalue weighted by Crippen LogP contribution is -2.42. The molecule has 1 saturated heterocycles. The Bertz CT molecular complexity index is 312. The molecule has 1 unspecified atom stereocenters. The first kappa shape index (κ1) is 10.1. The first-order valence-corrected chi connectivity index (χ1v) is 5.66. The maximum Gasteiger partial charge on any atom is 0.127 e. The summed E-state index contributed by atoms with van der Waals surface area (Å²) in [5, 5.41) is 3.15. The van der Waals surface area contributed by atoms with Crippen LogP contribution < -0.4 is 5.32 Å². The van der Waals surface area contributed by atoms with Gasteiger partial charge in [-0.3, -0.25) is 0 Å². The minimum absolute atomic E-state index is 0.511. The van der Waals surface area contributed by atoms with Gasteiger partial charge >= 0.3 is 0 Å². The van der Waals surface area contributed by atoms with Crippen molar-refractivity contribution in [3.8, 4) is 0 Å². The van der Waals surface area contributed by atoms with Gasteiger partial charge in [-0.2, -0.15) is 0 Å². The molecule has 3 heteroatoms. The molecular weight excluding hydrogens is 245 g/mol. The summed E-state index contributed by atoms with van der Waals surface area (Å²) in [6.07, 6.45) is -0.201. The number of halogens is 2. The Morgan fingerprint density at radius 1 is 1.43 bits per heavy atom. The summed E-state index contributed by atoms with van der Waals surface area (Å²) in [5.74, 6) is 0.511. The molecule has 1 aliphatic heterocycles. The van der Waals surface area contributed by atoms with Crippen molar-refractivity contribution in [2.45, 2.75) is 12.6 Å². The normalized spacial score (nSPS) is 19.0. The van der Waals surface area contributed by atoms with Gasteiger partial charge in [0.25, 0.3) is 0 Å². The fraction of sp³-hybridized carbons (Fsp3) is 0.455. The van der Waals surface area contributed by atoms with E-state index in [1.54, 1.807) is 0 Å². The van der Waals surface area contributed by atoms with Crippen molar-refractivity contribution in [2.24, 2.45) is 5.92 Å². The van der Waals surface area contributed by atoms with Gasteiger partial charge in [-0.25, -0.2) is 4.39 Å². The van der Waals surface area contributed by atoms with E-state index in [-0.39, 0.29) is 0 Å². The Hall–Kier alpha value is -0.410. The smallest absolute Gasteiger partial charge is 0.127 e. The average Bonchev–Trinajstić information content (AvgIpc) is 2.12. The van der Waals surface area contributed by atoms with Gasteiger partial charge in [0.1, 0.15) is 6.17 Å². The van der Waals surface area contributed by atoms with Crippen molar-refractivity contribution >= 4 is 15.9 Å². The predicted molar refractivity (Wildman–Crippen MR) is 59.0 cm³/mol. The van der Waals surface area contributed by atoms with Gasteiger partial charge in [0, 0.05) is 10.0 Å². The Kier molecular flexibility index (Phi) is 3.19. The van der Waals surface area contributed by atoms with Crippen LogP contribution in [0.15, 0.2) is 28.7 Å². The zero-order valence-electron chi connectivity index (χ0n) is 7.84. The van der Waals surface area contributed by atoms with E-state index < -0.39 is 6.17 Å². The summed E-state index contributed by atoms with van der Waals surface area (Å²) < 4.78 is 14.7. The molecule has 1 N–H and O–H groups in total. The number of rotatable bonds is 3. The highest BCUT2D eigenvalue weighted by molar-refractivity contribution is 9.10. The third kappa shape index (κ3) is 2.15. The van der Waals surface area contributed by atoms with Crippen molar-refractivity contribution < 1.29 is 4.39 Å². The lowest BCUT2D eigenvalue weighted by molar-refractivity contribution is 0.224. The highest BCUT2D eigenvalue weighted by Gasteiger charge is 2.23. The van der Waals surface area contributed by atoms with Crippen LogP contribution in [0.2, 0.25) is 0 Å². The summed E-state index contributed by atoms with van der Waals surface area (Å²) in [7, 11) is 0. The van der Waals surface area contributed by atoms with Crippen LogP contribution in [0.25, 0.3) is 0 Å². The maximum absolute atomic E-state index is 13.8. The lowest BCUT2D eigenvalue weighted by atomic mass is 9.93. The van der Waals surface area contributed by atoms with E-state index in [1.165, 1.54) is 0 Å². The van der Waals surface area contributed by atoms with Crippen molar-refractivity contribution in [3.63, 3.8) is 0 Å². The Morgan fingerprint density at radius 3 is 2.71 bits per heavy atom. The van der Waals surface area contributed by atoms with Crippen molar-refractivity contribution in [3.05, 3.63) is 34.3 Å². The second kappa shape index (κ2) is 4.41. The highest BCUT2D eigenvalue weighted by Crippen LogP contribution is 2.31. The van der Waals surface area contributed by atoms with E-state index in [2.05, 4.69) is 21.2 Å². The standard InChI is InChI=1S/C11H13BrFN/c12-10-4-2-1-3-9(10)11(13)5-8-6-14-7-8/h1-4,8,11,14H,5-7H2. The quantitative estimate of drug-likeness (QED) is 0.878. The highest BCUT2D eigenvalue weighted by atomic mass is 79.9. The number of benzene rings is 1. The van der Waals surface area contributed by atoms with E-state index in [0.717, 1.165) is 23.1 Å². The Morgan fingerprint density at radius 2 is 2.14 bits per heavy atom. The lowest BCUT2D eigenvalue weighted by Gasteiger charge is -2.28. The summed E-state index contributed by atoms with van der Waals surface area (Å²) in [5.41, 5.74) is 0.777. The van der Waals surface area contributed by atoms with Crippen LogP contribution in [0.4, 0.5) is 4.39 Å². The second-order valence-corrected chi connectivity index (χ2v) is 4.60. The maximum atomic E-state index is 13.8. The van der Waals surface area contributed by atoms with Gasteiger partial charge in [-0.1, -0.05) is 34.1 Å². The summed E-state index contributed by atoms with van der Waals surface area (Å²) in [6, 6.07) is 7.53. The van der Waals surface area contributed by atoms with Crippen molar-refractivity contribution in [1.82, 2.24) is 5.32 Å². The predicted octanol–water partition coefficient (Wildman–Crippen LogP) is 3.07. The molecule has 14 heavy (non-hydrogen) atoms. The number of alkyl halides is 1. The molecule has 76 valence electrons. The number of hydrogen-bond donors (Lipinski definition) is 1. The largest absolute Gasteiger partial charge is 0.316 e. The van der Waals surface area contributed by atoms with Crippen molar-refractivity contribution in [1.29, 1.82) is 0 Å². The topological polar surface area (TPSA) is 12.0 Å². The van der Waals surface area contributed by atoms with Crippen LogP contribution in [0, 0.1) is 5.92 Å². The van der Waals surface area contributed by atoms with Gasteiger partial charge in [0.15, 0.2) is 0 Å². The van der Waals surface area contributed by atoms with E-state index in [4.69, 9.17) is 0 Å². The third-order valence-corrected chi connectivity index (χ3v) is 3.37. The molecule has 1 aromatic rings. The molecule has 0 radical (unpaired) electrons. The zero-order valence-corrected chi connectivity index (χ0v) is 9.43. The molecule has 1 heterocycles. The molecule has 1 aliphatic rings. The number of nitrogens with one attached hydrogen (secondary N) is 1. The van der Waals surface area contributed by atoms with Crippen LogP contribution in [-0.2, 0) is 0 Å². The van der Waals surface area contributed by atoms with Crippen LogP contribution in [0.3, 0.4) is 0 Å². The fourth-order valence-corrected chi connectivity index (χ4v) is 2.20. The van der Waals surface area contributed by atoms with Gasteiger partial charge in [0.2, 0.25) is 0 Å². The summed E-state index contributed by atoms with van der Waals surface area (Å²) in [4.78, 5) is 0. The Balaban J connectivity index is 2.02. The van der Waals surface area contributed by atoms with Crippen LogP contribution in [-0.4, -0.2) is 13.1 Å². The molecular formula is C11H13BrFN. The first-order valence-electron chi connectivity index (χ1n) is 4.86. The molecule has 1 nitrogen and oxygen atoms in total. The van der Waals surface area contributed by atoms with E-state index in [0.29, 0.717) is 12.3 Å². The van der Waals surface area contributed by atoms with Gasteiger partial charge < -0.3 is 5.32 Å². The minimum atomic E-state index is -0.835. The SMILES string of the molecule is FC(CC1CNC1)c1ccccc1Br. The van der Waals surface area contributed by atoms with E-state index in [9.17, 15) is 4.39 Å². The fourth-order valence-electron chi connectivity index (χ4n) is 1.66. The van der Waals surface area contributed by atoms with E-state index in [1.807, 2.05) is 24.3 Å². The van der Waals surface area contributed by atoms with Crippen molar-refractivity contribution in [2.75, 3.05) is 13.1 Å². The minimum Gasteiger partial charge on any atom is -0.316 e. The number of hydrogen-bond acceptors (Lipinski definition) is 1.